The second kappa shape index (κ2) is 7.97. The van der Waals surface area contributed by atoms with Crippen LogP contribution in [0.3, 0.4) is 0 Å². The Hall–Kier alpha value is -1.63. The van der Waals surface area contributed by atoms with Crippen LogP contribution in [0.2, 0.25) is 0 Å². The lowest BCUT2D eigenvalue weighted by Gasteiger charge is -2.20. The second-order valence-corrected chi connectivity index (χ2v) is 5.37. The summed E-state index contributed by atoms with van der Waals surface area (Å²) >= 11 is 0. The van der Waals surface area contributed by atoms with E-state index in [1.807, 2.05) is 12.1 Å². The van der Waals surface area contributed by atoms with Gasteiger partial charge in [0.15, 0.2) is 0 Å². The van der Waals surface area contributed by atoms with Gasteiger partial charge in [-0.1, -0.05) is 6.07 Å². The van der Waals surface area contributed by atoms with E-state index in [1.165, 1.54) is 0 Å². The molecule has 0 saturated carbocycles. The summed E-state index contributed by atoms with van der Waals surface area (Å²) in [6.45, 7) is 4.93. The van der Waals surface area contributed by atoms with Crippen LogP contribution in [0.4, 0.5) is 11.4 Å². The van der Waals surface area contributed by atoms with Crippen molar-refractivity contribution in [2.75, 3.05) is 56.9 Å². The molecule has 21 heavy (non-hydrogen) atoms. The topological polar surface area (TPSA) is 81.8 Å². The quantitative estimate of drug-likeness (QED) is 0.676. The number of hydrogen-bond donors (Lipinski definition) is 3. The molecule has 1 aliphatic rings. The molecular formula is C15H24N4O2. The summed E-state index contributed by atoms with van der Waals surface area (Å²) in [7, 11) is 0. The summed E-state index contributed by atoms with van der Waals surface area (Å²) in [6, 6.07) is 7.20. The van der Waals surface area contributed by atoms with E-state index >= 15 is 0 Å². The highest BCUT2D eigenvalue weighted by atomic mass is 16.3. The number of rotatable bonds is 5. The number of carbonyl (C=O) groups is 1. The second-order valence-electron chi connectivity index (χ2n) is 5.37. The third-order valence-electron chi connectivity index (χ3n) is 3.63. The van der Waals surface area contributed by atoms with E-state index in [0.717, 1.165) is 38.3 Å². The molecule has 1 aliphatic heterocycles. The summed E-state index contributed by atoms with van der Waals surface area (Å²) in [5.41, 5.74) is 7.07. The minimum absolute atomic E-state index is 0.0174. The first-order chi connectivity index (χ1) is 10.2. The number of nitrogens with two attached hydrogens (primary N) is 1. The van der Waals surface area contributed by atoms with E-state index in [1.54, 1.807) is 12.1 Å². The zero-order chi connectivity index (χ0) is 15.1. The Balaban J connectivity index is 1.80. The van der Waals surface area contributed by atoms with Gasteiger partial charge in [-0.2, -0.15) is 0 Å². The fraction of sp³-hybridized carbons (Fsp3) is 0.533. The fourth-order valence-corrected chi connectivity index (χ4v) is 2.57. The molecule has 0 aromatic heterocycles. The molecule has 1 amide bonds. The molecule has 0 aliphatic carbocycles. The molecule has 6 nitrogen and oxygen atoms in total. The van der Waals surface area contributed by atoms with Crippen LogP contribution in [-0.4, -0.2) is 66.7 Å². The van der Waals surface area contributed by atoms with E-state index in [4.69, 9.17) is 10.8 Å². The average molecular weight is 292 g/mol. The molecule has 0 unspecified atom stereocenters. The molecule has 1 saturated heterocycles. The van der Waals surface area contributed by atoms with Crippen LogP contribution in [0.1, 0.15) is 6.42 Å². The van der Waals surface area contributed by atoms with E-state index in [0.29, 0.717) is 18.8 Å². The van der Waals surface area contributed by atoms with Crippen molar-refractivity contribution < 1.29 is 9.90 Å². The Labute approximate surface area is 125 Å². The van der Waals surface area contributed by atoms with Crippen LogP contribution < -0.4 is 11.1 Å². The van der Waals surface area contributed by atoms with Gasteiger partial charge in [0.25, 0.3) is 0 Å². The minimum atomic E-state index is -0.0174. The standard InChI is InChI=1S/C15H24N4O2/c16-13-3-1-4-14(11-13)17-15(21)12-19-6-2-5-18(7-8-19)9-10-20/h1,3-4,11,20H,2,5-10,12,16H2,(H,17,21). The number of β-amino-alcohol motifs (C(OH)–C–C–N with tert-alkyl or cyclic N) is 1. The summed E-state index contributed by atoms with van der Waals surface area (Å²) < 4.78 is 0. The minimum Gasteiger partial charge on any atom is -0.399 e. The van der Waals surface area contributed by atoms with Crippen molar-refractivity contribution in [2.24, 2.45) is 0 Å². The lowest BCUT2D eigenvalue weighted by atomic mass is 10.3. The molecule has 0 spiro atoms. The first-order valence-electron chi connectivity index (χ1n) is 7.38. The van der Waals surface area contributed by atoms with Gasteiger partial charge in [0.05, 0.1) is 13.2 Å². The fourth-order valence-electron chi connectivity index (χ4n) is 2.57. The number of aliphatic hydroxyl groups excluding tert-OH is 1. The summed E-state index contributed by atoms with van der Waals surface area (Å²) in [5, 5.41) is 11.9. The van der Waals surface area contributed by atoms with Crippen molar-refractivity contribution in [3.63, 3.8) is 0 Å². The number of aliphatic hydroxyl groups is 1. The molecule has 4 N–H and O–H groups in total. The highest BCUT2D eigenvalue weighted by Gasteiger charge is 2.16. The Kier molecular flexibility index (Phi) is 5.98. The number of nitrogen functional groups attached to an aromatic ring is 1. The average Bonchev–Trinajstić information content (AvgIpc) is 2.65. The van der Waals surface area contributed by atoms with Gasteiger partial charge >= 0.3 is 0 Å². The summed E-state index contributed by atoms with van der Waals surface area (Å²) in [6.07, 6.45) is 1.02. The predicted molar refractivity (Wildman–Crippen MR) is 84.1 cm³/mol. The Bertz CT molecular complexity index is 467. The van der Waals surface area contributed by atoms with Crippen LogP contribution in [0, 0.1) is 0 Å². The van der Waals surface area contributed by atoms with E-state index < -0.39 is 0 Å². The van der Waals surface area contributed by atoms with Crippen molar-refractivity contribution in [2.45, 2.75) is 6.42 Å². The van der Waals surface area contributed by atoms with Gasteiger partial charge in [0, 0.05) is 31.0 Å². The number of benzene rings is 1. The molecule has 1 aromatic carbocycles. The molecule has 1 fully saturated rings. The van der Waals surface area contributed by atoms with Crippen LogP contribution in [-0.2, 0) is 4.79 Å². The van der Waals surface area contributed by atoms with Gasteiger partial charge in [-0.3, -0.25) is 14.6 Å². The number of nitrogens with zero attached hydrogens (tertiary/aromatic N) is 2. The lowest BCUT2D eigenvalue weighted by molar-refractivity contribution is -0.117. The monoisotopic (exact) mass is 292 g/mol. The highest BCUT2D eigenvalue weighted by molar-refractivity contribution is 5.92. The number of nitrogens with one attached hydrogen (secondary N) is 1. The van der Waals surface area contributed by atoms with Gasteiger partial charge in [-0.05, 0) is 37.7 Å². The Morgan fingerprint density at radius 3 is 2.76 bits per heavy atom. The van der Waals surface area contributed by atoms with Crippen LogP contribution in [0.15, 0.2) is 24.3 Å². The van der Waals surface area contributed by atoms with Gasteiger partial charge < -0.3 is 16.2 Å². The SMILES string of the molecule is Nc1cccc(NC(=O)CN2CCCN(CCO)CC2)c1. The molecule has 1 heterocycles. The van der Waals surface area contributed by atoms with E-state index in [-0.39, 0.29) is 12.5 Å². The number of hydrogen-bond acceptors (Lipinski definition) is 5. The van der Waals surface area contributed by atoms with E-state index in [9.17, 15) is 4.79 Å². The van der Waals surface area contributed by atoms with Gasteiger partial charge in [-0.15, -0.1) is 0 Å². The summed E-state index contributed by atoms with van der Waals surface area (Å²) in [4.78, 5) is 16.4. The van der Waals surface area contributed by atoms with Gasteiger partial charge in [0.1, 0.15) is 0 Å². The first kappa shape index (κ1) is 15.8. The molecule has 0 radical (unpaired) electrons. The molecule has 1 aromatic rings. The zero-order valence-corrected chi connectivity index (χ0v) is 12.3. The van der Waals surface area contributed by atoms with Crippen LogP contribution in [0.5, 0.6) is 0 Å². The van der Waals surface area contributed by atoms with Gasteiger partial charge in [-0.25, -0.2) is 0 Å². The maximum absolute atomic E-state index is 12.1. The maximum atomic E-state index is 12.1. The van der Waals surface area contributed by atoms with E-state index in [2.05, 4.69) is 15.1 Å². The maximum Gasteiger partial charge on any atom is 0.238 e. The molecule has 6 heteroatoms. The lowest BCUT2D eigenvalue weighted by Crippen LogP contribution is -2.36. The molecule has 2 rings (SSSR count). The number of anilines is 2. The molecule has 0 atom stereocenters. The zero-order valence-electron chi connectivity index (χ0n) is 12.3. The third kappa shape index (κ3) is 5.34. The van der Waals surface area contributed by atoms with Crippen LogP contribution >= 0.6 is 0 Å². The predicted octanol–water partition coefficient (Wildman–Crippen LogP) is 0.207. The van der Waals surface area contributed by atoms with Crippen molar-refractivity contribution in [3.8, 4) is 0 Å². The largest absolute Gasteiger partial charge is 0.399 e. The first-order valence-corrected chi connectivity index (χ1v) is 7.38. The smallest absolute Gasteiger partial charge is 0.238 e. The Morgan fingerprint density at radius 2 is 2.00 bits per heavy atom. The Morgan fingerprint density at radius 1 is 1.24 bits per heavy atom. The normalized spacial score (nSPS) is 17.4. The van der Waals surface area contributed by atoms with Gasteiger partial charge in [0.2, 0.25) is 5.91 Å². The summed E-state index contributed by atoms with van der Waals surface area (Å²) in [5.74, 6) is -0.0174. The van der Waals surface area contributed by atoms with Crippen LogP contribution in [0.25, 0.3) is 0 Å². The number of carbonyl (C=O) groups excluding carboxylic acids is 1. The van der Waals surface area contributed by atoms with Crippen molar-refractivity contribution in [1.29, 1.82) is 0 Å². The number of amides is 1. The van der Waals surface area contributed by atoms with Crippen molar-refractivity contribution in [1.82, 2.24) is 9.80 Å². The molecule has 0 bridgehead atoms. The van der Waals surface area contributed by atoms with Crippen molar-refractivity contribution >= 4 is 17.3 Å². The molecule has 116 valence electrons. The third-order valence-corrected chi connectivity index (χ3v) is 3.63. The molecular weight excluding hydrogens is 268 g/mol. The van der Waals surface area contributed by atoms with Crippen molar-refractivity contribution in [3.05, 3.63) is 24.3 Å². The highest BCUT2D eigenvalue weighted by Crippen LogP contribution is 2.12.